The summed E-state index contributed by atoms with van der Waals surface area (Å²) in [6, 6.07) is 7.78. The molecule has 1 aliphatic rings. The number of nitrogens with zero attached hydrogens (tertiary/aromatic N) is 2. The number of carbonyl (C=O) groups excluding carboxylic acids is 1. The fourth-order valence-corrected chi connectivity index (χ4v) is 3.15. The quantitative estimate of drug-likeness (QED) is 0.857. The van der Waals surface area contributed by atoms with E-state index in [1.165, 1.54) is 18.2 Å². The van der Waals surface area contributed by atoms with Crippen LogP contribution >= 0.6 is 0 Å². The first-order valence-electron chi connectivity index (χ1n) is 8.87. The molecule has 0 bridgehead atoms. The number of aromatic nitrogens is 1. The minimum atomic E-state index is -0.359. The molecule has 0 radical (unpaired) electrons. The molecule has 1 N–H and O–H groups in total. The van der Waals surface area contributed by atoms with Crippen LogP contribution in [0.25, 0.3) is 11.3 Å². The zero-order chi connectivity index (χ0) is 18.5. The van der Waals surface area contributed by atoms with Crippen molar-refractivity contribution in [1.82, 2.24) is 15.4 Å². The number of hydrogen-bond acceptors (Lipinski definition) is 5. The Kier molecular flexibility index (Phi) is 6.00. The first-order chi connectivity index (χ1) is 12.5. The third kappa shape index (κ3) is 4.47. The lowest BCUT2D eigenvalue weighted by atomic mass is 10.0. The maximum absolute atomic E-state index is 13.3. The highest BCUT2D eigenvalue weighted by molar-refractivity contribution is 5.92. The zero-order valence-electron chi connectivity index (χ0n) is 15.1. The molecule has 6 nitrogen and oxygen atoms in total. The summed E-state index contributed by atoms with van der Waals surface area (Å²) in [6.07, 6.45) is 0. The van der Waals surface area contributed by atoms with Gasteiger partial charge in [0.1, 0.15) is 11.5 Å². The van der Waals surface area contributed by atoms with Gasteiger partial charge >= 0.3 is 0 Å². The largest absolute Gasteiger partial charge is 0.379 e. The van der Waals surface area contributed by atoms with E-state index < -0.39 is 0 Å². The van der Waals surface area contributed by atoms with Crippen molar-refractivity contribution in [2.45, 2.75) is 19.9 Å². The maximum atomic E-state index is 13.3. The smallest absolute Gasteiger partial charge is 0.289 e. The SMILES string of the molecule is CC(C)[C@H](CNC(=O)c1cc(-c2cccc(F)c2)no1)N1CCOCC1. The van der Waals surface area contributed by atoms with Crippen LogP contribution in [0.5, 0.6) is 0 Å². The number of halogens is 1. The summed E-state index contributed by atoms with van der Waals surface area (Å²) in [6.45, 7) is 7.97. The standard InChI is InChI=1S/C19H24FN3O3/c1-13(2)17(23-6-8-25-9-7-23)12-21-19(24)18-11-16(22-26-18)14-4-3-5-15(20)10-14/h3-5,10-11,13,17H,6-9,12H2,1-2H3,(H,21,24)/t17-/m0/s1. The number of hydrogen-bond donors (Lipinski definition) is 1. The highest BCUT2D eigenvalue weighted by Gasteiger charge is 2.25. The number of carbonyl (C=O) groups is 1. The molecule has 1 aliphatic heterocycles. The Bertz CT molecular complexity index is 741. The predicted octanol–water partition coefficient (Wildman–Crippen LogP) is 2.57. The fraction of sp³-hybridized carbons (Fsp3) is 0.474. The van der Waals surface area contributed by atoms with E-state index in [9.17, 15) is 9.18 Å². The molecule has 0 unspecified atom stereocenters. The number of nitrogens with one attached hydrogen (secondary N) is 1. The first-order valence-corrected chi connectivity index (χ1v) is 8.87. The summed E-state index contributed by atoms with van der Waals surface area (Å²) in [5.74, 6) is -0.166. The van der Waals surface area contributed by atoms with E-state index in [0.29, 0.717) is 23.7 Å². The summed E-state index contributed by atoms with van der Waals surface area (Å²) in [5, 5.41) is 6.80. The lowest BCUT2D eigenvalue weighted by Crippen LogP contribution is -2.51. The van der Waals surface area contributed by atoms with E-state index in [1.54, 1.807) is 12.1 Å². The van der Waals surface area contributed by atoms with Crippen LogP contribution in [0.1, 0.15) is 24.4 Å². The van der Waals surface area contributed by atoms with E-state index in [2.05, 4.69) is 29.2 Å². The van der Waals surface area contributed by atoms with Crippen molar-refractivity contribution >= 4 is 5.91 Å². The number of rotatable bonds is 6. The fourth-order valence-electron chi connectivity index (χ4n) is 3.15. The van der Waals surface area contributed by atoms with Crippen LogP contribution in [0.4, 0.5) is 4.39 Å². The summed E-state index contributed by atoms with van der Waals surface area (Å²) in [4.78, 5) is 14.7. The molecule has 2 aromatic rings. The van der Waals surface area contributed by atoms with Crippen molar-refractivity contribution < 1.29 is 18.4 Å². The number of benzene rings is 1. The molecule has 3 rings (SSSR count). The van der Waals surface area contributed by atoms with E-state index in [0.717, 1.165) is 26.3 Å². The number of morpholine rings is 1. The molecule has 2 heterocycles. The van der Waals surface area contributed by atoms with Gasteiger partial charge in [-0.1, -0.05) is 31.1 Å². The van der Waals surface area contributed by atoms with Crippen LogP contribution in [0.15, 0.2) is 34.9 Å². The first kappa shape index (κ1) is 18.5. The van der Waals surface area contributed by atoms with Crippen molar-refractivity contribution in [1.29, 1.82) is 0 Å². The number of amides is 1. The summed E-state index contributed by atoms with van der Waals surface area (Å²) in [5.41, 5.74) is 1.00. The van der Waals surface area contributed by atoms with E-state index in [-0.39, 0.29) is 23.5 Å². The second kappa shape index (κ2) is 8.42. The Hall–Kier alpha value is -2.25. The van der Waals surface area contributed by atoms with Gasteiger partial charge in [0.2, 0.25) is 5.76 Å². The molecule has 140 valence electrons. The Morgan fingerprint density at radius 1 is 1.31 bits per heavy atom. The van der Waals surface area contributed by atoms with Gasteiger partial charge in [-0.25, -0.2) is 4.39 Å². The van der Waals surface area contributed by atoms with E-state index >= 15 is 0 Å². The van der Waals surface area contributed by atoms with Crippen molar-refractivity contribution in [3.8, 4) is 11.3 Å². The molecule has 1 aromatic heterocycles. The Labute approximate surface area is 152 Å². The average Bonchev–Trinajstić information content (AvgIpc) is 3.13. The normalized spacial score (nSPS) is 16.6. The van der Waals surface area contributed by atoms with Crippen molar-refractivity contribution in [3.63, 3.8) is 0 Å². The minimum Gasteiger partial charge on any atom is -0.379 e. The van der Waals surface area contributed by atoms with Gasteiger partial charge in [0, 0.05) is 37.3 Å². The molecule has 1 atom stereocenters. The van der Waals surface area contributed by atoms with Crippen LogP contribution in [0.2, 0.25) is 0 Å². The molecule has 1 saturated heterocycles. The number of ether oxygens (including phenoxy) is 1. The van der Waals surface area contributed by atoms with Crippen LogP contribution in [-0.2, 0) is 4.74 Å². The van der Waals surface area contributed by atoms with Gasteiger partial charge in [0.15, 0.2) is 0 Å². The Morgan fingerprint density at radius 2 is 2.08 bits per heavy atom. The lowest BCUT2D eigenvalue weighted by Gasteiger charge is -2.36. The molecule has 0 spiro atoms. The second-order valence-corrected chi connectivity index (χ2v) is 6.76. The highest BCUT2D eigenvalue weighted by atomic mass is 19.1. The van der Waals surface area contributed by atoms with Gasteiger partial charge in [-0.2, -0.15) is 0 Å². The van der Waals surface area contributed by atoms with E-state index in [4.69, 9.17) is 9.26 Å². The molecule has 1 amide bonds. The predicted molar refractivity (Wildman–Crippen MR) is 95.2 cm³/mol. The molecule has 0 aliphatic carbocycles. The molecule has 7 heteroatoms. The Morgan fingerprint density at radius 3 is 2.77 bits per heavy atom. The van der Waals surface area contributed by atoms with Gasteiger partial charge < -0.3 is 14.6 Å². The minimum absolute atomic E-state index is 0.119. The van der Waals surface area contributed by atoms with Crippen molar-refractivity contribution in [2.75, 3.05) is 32.8 Å². The van der Waals surface area contributed by atoms with Gasteiger partial charge in [0.05, 0.1) is 13.2 Å². The average molecular weight is 361 g/mol. The maximum Gasteiger partial charge on any atom is 0.289 e. The Balaban J connectivity index is 1.62. The third-order valence-corrected chi connectivity index (χ3v) is 4.61. The van der Waals surface area contributed by atoms with Gasteiger partial charge in [-0.05, 0) is 18.1 Å². The van der Waals surface area contributed by atoms with Crippen LogP contribution in [0, 0.1) is 11.7 Å². The topological polar surface area (TPSA) is 67.6 Å². The lowest BCUT2D eigenvalue weighted by molar-refractivity contribution is 0.00664. The monoisotopic (exact) mass is 361 g/mol. The van der Waals surface area contributed by atoms with Crippen molar-refractivity contribution in [2.24, 2.45) is 5.92 Å². The third-order valence-electron chi connectivity index (χ3n) is 4.61. The van der Waals surface area contributed by atoms with Gasteiger partial charge in [0.25, 0.3) is 5.91 Å². The molecule has 1 aromatic carbocycles. The van der Waals surface area contributed by atoms with E-state index in [1.807, 2.05) is 0 Å². The van der Waals surface area contributed by atoms with Gasteiger partial charge in [-0.15, -0.1) is 0 Å². The second-order valence-electron chi connectivity index (χ2n) is 6.76. The van der Waals surface area contributed by atoms with Crippen LogP contribution < -0.4 is 5.32 Å². The summed E-state index contributed by atoms with van der Waals surface area (Å²) in [7, 11) is 0. The summed E-state index contributed by atoms with van der Waals surface area (Å²) >= 11 is 0. The molecule has 26 heavy (non-hydrogen) atoms. The van der Waals surface area contributed by atoms with Crippen LogP contribution in [0.3, 0.4) is 0 Å². The molecular formula is C19H24FN3O3. The molecule has 1 fully saturated rings. The zero-order valence-corrected chi connectivity index (χ0v) is 15.1. The highest BCUT2D eigenvalue weighted by Crippen LogP contribution is 2.20. The molecular weight excluding hydrogens is 337 g/mol. The van der Waals surface area contributed by atoms with Crippen LogP contribution in [-0.4, -0.2) is 54.9 Å². The summed E-state index contributed by atoms with van der Waals surface area (Å²) < 4.78 is 23.9. The van der Waals surface area contributed by atoms with Crippen molar-refractivity contribution in [3.05, 3.63) is 41.9 Å². The van der Waals surface area contributed by atoms with Gasteiger partial charge in [-0.3, -0.25) is 9.69 Å². The molecule has 0 saturated carbocycles.